The molecule has 1 unspecified atom stereocenters. The van der Waals surface area contributed by atoms with E-state index in [2.05, 4.69) is 25.2 Å². The highest BCUT2D eigenvalue weighted by Gasteiger charge is 2.27. The predicted octanol–water partition coefficient (Wildman–Crippen LogP) is 3.09. The van der Waals surface area contributed by atoms with Crippen LogP contribution in [0.5, 0.6) is 0 Å². The largest absolute Gasteiger partial charge is 0.389 e. The second kappa shape index (κ2) is 5.05. The van der Waals surface area contributed by atoms with Gasteiger partial charge in [-0.05, 0) is 43.2 Å². The summed E-state index contributed by atoms with van der Waals surface area (Å²) in [5.74, 6) is 1.65. The van der Waals surface area contributed by atoms with Crippen LogP contribution in [-0.2, 0) is 0 Å². The lowest BCUT2D eigenvalue weighted by atomic mass is 10.0. The zero-order chi connectivity index (χ0) is 12.4. The van der Waals surface area contributed by atoms with Gasteiger partial charge in [0.2, 0.25) is 0 Å². The van der Waals surface area contributed by atoms with Crippen molar-refractivity contribution in [1.82, 2.24) is 0 Å². The van der Waals surface area contributed by atoms with Crippen molar-refractivity contribution in [2.75, 3.05) is 11.9 Å². The second-order valence-electron chi connectivity index (χ2n) is 5.06. The van der Waals surface area contributed by atoms with Crippen LogP contribution in [0.1, 0.15) is 30.9 Å². The molecule has 17 heavy (non-hydrogen) atoms. The van der Waals surface area contributed by atoms with Crippen molar-refractivity contribution in [2.24, 2.45) is 17.6 Å². The fraction of sp³-hybridized carbons (Fsp3) is 0.500. The lowest BCUT2D eigenvalue weighted by Gasteiger charge is -2.17. The van der Waals surface area contributed by atoms with Crippen LogP contribution >= 0.6 is 12.2 Å². The fourth-order valence-corrected chi connectivity index (χ4v) is 2.37. The van der Waals surface area contributed by atoms with Crippen molar-refractivity contribution in [3.63, 3.8) is 0 Å². The molecule has 92 valence electrons. The van der Waals surface area contributed by atoms with Crippen LogP contribution in [0.15, 0.2) is 18.2 Å². The highest BCUT2D eigenvalue weighted by molar-refractivity contribution is 7.80. The Morgan fingerprint density at radius 1 is 1.53 bits per heavy atom. The molecule has 0 saturated heterocycles. The van der Waals surface area contributed by atoms with E-state index < -0.39 is 0 Å². The summed E-state index contributed by atoms with van der Waals surface area (Å²) in [6.45, 7) is 5.40. The second-order valence-corrected chi connectivity index (χ2v) is 5.50. The zero-order valence-electron chi connectivity index (χ0n) is 10.5. The first-order chi connectivity index (χ1) is 8.09. The van der Waals surface area contributed by atoms with E-state index in [9.17, 15) is 0 Å². The van der Waals surface area contributed by atoms with Gasteiger partial charge in [0.15, 0.2) is 0 Å². The molecule has 0 bridgehead atoms. The van der Waals surface area contributed by atoms with Crippen LogP contribution in [-0.4, -0.2) is 11.5 Å². The minimum Gasteiger partial charge on any atom is -0.389 e. The number of hydrogen-bond acceptors (Lipinski definition) is 2. The Bertz CT molecular complexity index is 424. The molecule has 1 aliphatic rings. The van der Waals surface area contributed by atoms with E-state index in [1.807, 2.05) is 12.1 Å². The summed E-state index contributed by atoms with van der Waals surface area (Å²) in [5.41, 5.74) is 9.03. The quantitative estimate of drug-likeness (QED) is 0.786. The average Bonchev–Trinajstić information content (AvgIpc) is 3.10. The van der Waals surface area contributed by atoms with Gasteiger partial charge in [0, 0.05) is 17.8 Å². The molecule has 3 heteroatoms. The van der Waals surface area contributed by atoms with E-state index in [1.54, 1.807) is 0 Å². The van der Waals surface area contributed by atoms with Gasteiger partial charge in [-0.3, -0.25) is 0 Å². The normalized spacial score (nSPS) is 16.6. The summed E-state index contributed by atoms with van der Waals surface area (Å²) in [4.78, 5) is 0.468. The lowest BCUT2D eigenvalue weighted by Crippen LogP contribution is -2.18. The molecule has 1 atom stereocenters. The van der Waals surface area contributed by atoms with Gasteiger partial charge in [0.05, 0.1) is 0 Å². The van der Waals surface area contributed by atoms with Crippen LogP contribution in [0.4, 0.5) is 5.69 Å². The highest BCUT2D eigenvalue weighted by atomic mass is 32.1. The molecule has 0 amide bonds. The van der Waals surface area contributed by atoms with E-state index >= 15 is 0 Å². The van der Waals surface area contributed by atoms with Crippen LogP contribution in [0.3, 0.4) is 0 Å². The van der Waals surface area contributed by atoms with E-state index in [0.29, 0.717) is 4.99 Å². The molecule has 1 fully saturated rings. The van der Waals surface area contributed by atoms with Crippen LogP contribution in [0.2, 0.25) is 0 Å². The summed E-state index contributed by atoms with van der Waals surface area (Å²) >= 11 is 5.09. The summed E-state index contributed by atoms with van der Waals surface area (Å²) in [7, 11) is 0. The summed E-state index contributed by atoms with van der Waals surface area (Å²) in [6, 6.07) is 6.07. The summed E-state index contributed by atoms with van der Waals surface area (Å²) in [6.07, 6.45) is 2.78. The van der Waals surface area contributed by atoms with Crippen molar-refractivity contribution < 1.29 is 0 Å². The minimum atomic E-state index is 0.468. The van der Waals surface area contributed by atoms with Crippen LogP contribution < -0.4 is 11.1 Å². The number of thiocarbonyl (C=S) groups is 1. The van der Waals surface area contributed by atoms with Crippen molar-refractivity contribution in [3.05, 3.63) is 29.3 Å². The molecule has 0 aliphatic heterocycles. The van der Waals surface area contributed by atoms with E-state index in [-0.39, 0.29) is 0 Å². The Balaban J connectivity index is 2.10. The fourth-order valence-electron chi connectivity index (χ4n) is 2.20. The Hall–Kier alpha value is -1.09. The molecule has 3 N–H and O–H groups in total. The number of nitrogens with two attached hydrogens (primary N) is 1. The van der Waals surface area contributed by atoms with Crippen LogP contribution in [0.25, 0.3) is 0 Å². The number of anilines is 1. The average molecular weight is 248 g/mol. The maximum absolute atomic E-state index is 5.75. The number of nitrogens with one attached hydrogen (secondary N) is 1. The predicted molar refractivity (Wildman–Crippen MR) is 77.4 cm³/mol. The topological polar surface area (TPSA) is 38.0 Å². The van der Waals surface area contributed by atoms with E-state index in [1.165, 1.54) is 18.4 Å². The molecule has 1 saturated carbocycles. The molecule has 1 aromatic carbocycles. The van der Waals surface area contributed by atoms with Crippen molar-refractivity contribution in [1.29, 1.82) is 0 Å². The highest BCUT2D eigenvalue weighted by Crippen LogP contribution is 2.36. The van der Waals surface area contributed by atoms with Gasteiger partial charge in [-0.2, -0.15) is 0 Å². The standard InChI is InChI=1S/C14H20N2S/c1-9-4-3-5-12(14(15)17)13(9)16-8-10(2)11-6-7-11/h3-5,10-11,16H,6-8H2,1-2H3,(H2,15,17). The first kappa shape index (κ1) is 12.4. The molecule has 0 radical (unpaired) electrons. The maximum atomic E-state index is 5.75. The first-order valence-electron chi connectivity index (χ1n) is 6.23. The SMILES string of the molecule is Cc1cccc(C(N)=S)c1NCC(C)C1CC1. The number of benzene rings is 1. The molecule has 0 spiro atoms. The number of aryl methyl sites for hydroxylation is 1. The van der Waals surface area contributed by atoms with Gasteiger partial charge < -0.3 is 11.1 Å². The van der Waals surface area contributed by atoms with Crippen molar-refractivity contribution >= 4 is 22.9 Å². The molecule has 0 heterocycles. The lowest BCUT2D eigenvalue weighted by molar-refractivity contribution is 0.536. The molecule has 2 nitrogen and oxygen atoms in total. The van der Waals surface area contributed by atoms with Gasteiger partial charge in [-0.25, -0.2) is 0 Å². The van der Waals surface area contributed by atoms with Gasteiger partial charge >= 0.3 is 0 Å². The zero-order valence-corrected chi connectivity index (χ0v) is 11.3. The Morgan fingerprint density at radius 3 is 2.82 bits per heavy atom. The van der Waals surface area contributed by atoms with Crippen molar-refractivity contribution in [3.8, 4) is 0 Å². The Morgan fingerprint density at radius 2 is 2.24 bits per heavy atom. The first-order valence-corrected chi connectivity index (χ1v) is 6.63. The van der Waals surface area contributed by atoms with E-state index in [0.717, 1.165) is 29.6 Å². The third kappa shape index (κ3) is 2.97. The Kier molecular flexibility index (Phi) is 3.67. The van der Waals surface area contributed by atoms with Gasteiger partial charge in [-0.1, -0.05) is 31.3 Å². The smallest absolute Gasteiger partial charge is 0.106 e. The number of hydrogen-bond donors (Lipinski definition) is 2. The third-order valence-electron chi connectivity index (χ3n) is 3.57. The third-order valence-corrected chi connectivity index (χ3v) is 3.79. The molecule has 1 aromatic rings. The van der Waals surface area contributed by atoms with Gasteiger partial charge in [0.1, 0.15) is 4.99 Å². The minimum absolute atomic E-state index is 0.468. The summed E-state index contributed by atoms with van der Waals surface area (Å²) in [5, 5.41) is 3.52. The number of para-hydroxylation sites is 1. The van der Waals surface area contributed by atoms with E-state index in [4.69, 9.17) is 18.0 Å². The molecular formula is C14H20N2S. The molecule has 2 rings (SSSR count). The molecule has 1 aliphatic carbocycles. The van der Waals surface area contributed by atoms with Crippen molar-refractivity contribution in [2.45, 2.75) is 26.7 Å². The van der Waals surface area contributed by atoms with Gasteiger partial charge in [-0.15, -0.1) is 0 Å². The molecular weight excluding hydrogens is 228 g/mol. The maximum Gasteiger partial charge on any atom is 0.106 e. The van der Waals surface area contributed by atoms with Gasteiger partial charge in [0.25, 0.3) is 0 Å². The number of rotatable bonds is 5. The monoisotopic (exact) mass is 248 g/mol. The molecule has 0 aromatic heterocycles. The Labute approximate surface area is 109 Å². The summed E-state index contributed by atoms with van der Waals surface area (Å²) < 4.78 is 0. The van der Waals surface area contributed by atoms with Crippen LogP contribution in [0, 0.1) is 18.8 Å².